The highest BCUT2D eigenvalue weighted by molar-refractivity contribution is 5.79. The molecule has 46 heavy (non-hydrogen) atoms. The van der Waals surface area contributed by atoms with Crippen molar-refractivity contribution < 1.29 is 31.6 Å². The van der Waals surface area contributed by atoms with Crippen molar-refractivity contribution in [1.29, 1.82) is 0 Å². The Kier molecular flexibility index (Phi) is 6.54. The van der Waals surface area contributed by atoms with Crippen molar-refractivity contribution in [2.24, 2.45) is 28.6 Å². The first kappa shape index (κ1) is 29.7. The second kappa shape index (κ2) is 10.1. The van der Waals surface area contributed by atoms with Crippen LogP contribution in [0.5, 0.6) is 5.75 Å². The Morgan fingerprint density at radius 2 is 1.89 bits per heavy atom. The van der Waals surface area contributed by atoms with Crippen molar-refractivity contribution >= 4 is 11.9 Å². The summed E-state index contributed by atoms with van der Waals surface area (Å²) >= 11 is 0. The molecule has 0 N–H and O–H groups in total. The highest BCUT2D eigenvalue weighted by Crippen LogP contribution is 2.96. The van der Waals surface area contributed by atoms with Crippen LogP contribution in [0.3, 0.4) is 0 Å². The van der Waals surface area contributed by atoms with Crippen LogP contribution in [-0.4, -0.2) is 62.0 Å². The molecule has 8 rings (SSSR count). The van der Waals surface area contributed by atoms with Crippen molar-refractivity contribution in [2.75, 3.05) is 31.1 Å². The number of rotatable bonds is 7. The summed E-state index contributed by atoms with van der Waals surface area (Å²) in [6.45, 7) is 8.40. The Morgan fingerprint density at radius 1 is 1.13 bits per heavy atom. The number of carbonyl (C=O) groups excluding carboxylic acids is 1. The molecule has 2 aliphatic heterocycles. The van der Waals surface area contributed by atoms with E-state index in [9.17, 15) is 18.0 Å². The normalized spacial score (nSPS) is 31.2. The molecule has 0 radical (unpaired) electrons. The number of carbonyl (C=O) groups is 1. The summed E-state index contributed by atoms with van der Waals surface area (Å²) in [6.07, 6.45) is -0.187. The van der Waals surface area contributed by atoms with E-state index in [4.69, 9.17) is 9.26 Å². The highest BCUT2D eigenvalue weighted by atomic mass is 19.4. The summed E-state index contributed by atoms with van der Waals surface area (Å²) in [6, 6.07) is 4.49. The van der Waals surface area contributed by atoms with Gasteiger partial charge in [-0.15, -0.1) is 5.10 Å². The van der Waals surface area contributed by atoms with E-state index in [1.165, 1.54) is 22.1 Å². The van der Waals surface area contributed by atoms with E-state index >= 15 is 4.39 Å². The Labute approximate surface area is 263 Å². The standard InChI is InChI=1S/C32H37F4N7O3/c1-17(2)26-37-29(46-40-26)41-8-6-22-23(7-9-41)31(22)16-30(31)14-20(30)15-45-21-5-4-19(24(33)13-21)12-25(44)42-10-11-43-27(18(42)3)38-28(39-43)32(34,35)36/h4-5,13,17-18,20,22-23H,6-12,14-16H2,1-3H3/t18?,20-,22?,23?,30-,31?/m1/s1. The molecule has 3 aliphatic carbocycles. The third kappa shape index (κ3) is 4.60. The van der Waals surface area contributed by atoms with Crippen LogP contribution >= 0.6 is 0 Å². The van der Waals surface area contributed by atoms with Crippen molar-refractivity contribution in [1.82, 2.24) is 29.8 Å². The molecule has 2 aromatic heterocycles. The predicted octanol–water partition coefficient (Wildman–Crippen LogP) is 5.41. The fraction of sp³-hybridized carbons (Fsp3) is 0.656. The number of aromatic nitrogens is 5. The number of alkyl halides is 3. The third-order valence-corrected chi connectivity index (χ3v) is 11.5. The molecule has 1 saturated heterocycles. The lowest BCUT2D eigenvalue weighted by Gasteiger charge is -2.33. The summed E-state index contributed by atoms with van der Waals surface area (Å²) < 4.78 is 67.1. The molecule has 1 aromatic carbocycles. The van der Waals surface area contributed by atoms with Gasteiger partial charge in [-0.05, 0) is 72.8 Å². The van der Waals surface area contributed by atoms with Crippen molar-refractivity contribution in [3.63, 3.8) is 0 Å². The maximum absolute atomic E-state index is 15.1. The van der Waals surface area contributed by atoms with Crippen LogP contribution in [0.15, 0.2) is 22.7 Å². The van der Waals surface area contributed by atoms with Crippen molar-refractivity contribution in [3.8, 4) is 5.75 Å². The molecule has 3 aromatic rings. The molecular weight excluding hydrogens is 606 g/mol. The largest absolute Gasteiger partial charge is 0.493 e. The smallest absolute Gasteiger partial charge is 0.453 e. The monoisotopic (exact) mass is 643 g/mol. The zero-order valence-corrected chi connectivity index (χ0v) is 26.1. The third-order valence-electron chi connectivity index (χ3n) is 11.5. The summed E-state index contributed by atoms with van der Waals surface area (Å²) in [7, 11) is 0. The SMILES string of the molecule is CC(C)c1noc(N2CCC3C(CC2)C32C[C@@]23C[C@@H]3COc2ccc(CC(=O)N3CCn4nc(C(F)(F)F)nc4C3C)c(F)c2)n1. The molecule has 14 heteroatoms. The zero-order chi connectivity index (χ0) is 32.2. The van der Waals surface area contributed by atoms with Crippen LogP contribution in [0.4, 0.5) is 23.6 Å². The van der Waals surface area contributed by atoms with Crippen molar-refractivity contribution in [2.45, 2.75) is 77.6 Å². The van der Waals surface area contributed by atoms with E-state index in [2.05, 4.69) is 39.0 Å². The van der Waals surface area contributed by atoms with Crippen LogP contribution in [0, 0.1) is 34.4 Å². The topological polar surface area (TPSA) is 102 Å². The van der Waals surface area contributed by atoms with Gasteiger partial charge in [-0.25, -0.2) is 14.1 Å². The molecule has 246 valence electrons. The van der Waals surface area contributed by atoms with Crippen LogP contribution in [-0.2, 0) is 23.9 Å². The van der Waals surface area contributed by atoms with E-state index in [0.29, 0.717) is 35.1 Å². The maximum Gasteiger partial charge on any atom is 0.453 e. The number of fused-ring (bicyclic) bond motifs is 5. The van der Waals surface area contributed by atoms with Gasteiger partial charge in [0.1, 0.15) is 17.4 Å². The molecule has 4 fully saturated rings. The van der Waals surface area contributed by atoms with E-state index in [1.807, 2.05) is 0 Å². The number of hydrogen-bond donors (Lipinski definition) is 0. The van der Waals surface area contributed by atoms with Gasteiger partial charge in [-0.2, -0.15) is 18.2 Å². The number of anilines is 1. The Morgan fingerprint density at radius 3 is 2.57 bits per heavy atom. The number of hydrogen-bond acceptors (Lipinski definition) is 8. The van der Waals surface area contributed by atoms with Gasteiger partial charge in [0, 0.05) is 31.6 Å². The van der Waals surface area contributed by atoms with Gasteiger partial charge in [0.15, 0.2) is 5.82 Å². The van der Waals surface area contributed by atoms with E-state index in [0.717, 1.165) is 50.0 Å². The van der Waals surface area contributed by atoms with Gasteiger partial charge in [0.2, 0.25) is 5.91 Å². The van der Waals surface area contributed by atoms with Gasteiger partial charge in [-0.3, -0.25) is 4.79 Å². The molecular formula is C32H37F4N7O3. The lowest BCUT2D eigenvalue weighted by Crippen LogP contribution is -2.42. The van der Waals surface area contributed by atoms with Gasteiger partial charge < -0.3 is 19.1 Å². The summed E-state index contributed by atoms with van der Waals surface area (Å²) in [5.74, 6) is 1.28. The minimum Gasteiger partial charge on any atom is -0.493 e. The number of ether oxygens (including phenoxy) is 1. The predicted molar refractivity (Wildman–Crippen MR) is 155 cm³/mol. The quantitative estimate of drug-likeness (QED) is 0.315. The molecule has 3 saturated carbocycles. The van der Waals surface area contributed by atoms with E-state index in [1.54, 1.807) is 19.1 Å². The lowest BCUT2D eigenvalue weighted by atomic mass is 10.1. The first-order chi connectivity index (χ1) is 21.9. The average molecular weight is 644 g/mol. The molecule has 5 aliphatic rings. The summed E-state index contributed by atoms with van der Waals surface area (Å²) in [4.78, 5) is 24.9. The molecule has 2 spiro atoms. The number of halogens is 4. The van der Waals surface area contributed by atoms with Gasteiger partial charge >= 0.3 is 12.2 Å². The average Bonchev–Trinajstić information content (AvgIpc) is 3.87. The summed E-state index contributed by atoms with van der Waals surface area (Å²) in [5, 5.41) is 7.66. The van der Waals surface area contributed by atoms with E-state index in [-0.39, 0.29) is 42.7 Å². The lowest BCUT2D eigenvalue weighted by molar-refractivity contribution is -0.145. The molecule has 3 unspecified atom stereocenters. The van der Waals surface area contributed by atoms with E-state index < -0.39 is 23.9 Å². The minimum atomic E-state index is -4.67. The second-order valence-electron chi connectivity index (χ2n) is 14.2. The summed E-state index contributed by atoms with van der Waals surface area (Å²) in [5.41, 5.74) is 1.04. The molecule has 10 nitrogen and oxygen atoms in total. The van der Waals surface area contributed by atoms with Gasteiger partial charge in [0.25, 0.3) is 5.82 Å². The highest BCUT2D eigenvalue weighted by Gasteiger charge is 2.91. The van der Waals surface area contributed by atoms with Gasteiger partial charge in [0.05, 0.1) is 25.6 Å². The number of benzene rings is 1. The first-order valence-electron chi connectivity index (χ1n) is 16.2. The Bertz CT molecular complexity index is 1670. The Balaban J connectivity index is 0.831. The fourth-order valence-corrected chi connectivity index (χ4v) is 8.92. The number of nitrogens with zero attached hydrogens (tertiary/aromatic N) is 7. The zero-order valence-electron chi connectivity index (χ0n) is 26.1. The van der Waals surface area contributed by atoms with Crippen molar-refractivity contribution in [3.05, 3.63) is 47.1 Å². The molecule has 1 amide bonds. The van der Waals surface area contributed by atoms with Crippen LogP contribution < -0.4 is 9.64 Å². The van der Waals surface area contributed by atoms with Crippen LogP contribution in [0.2, 0.25) is 0 Å². The second-order valence-corrected chi connectivity index (χ2v) is 14.2. The molecule has 5 atom stereocenters. The molecule has 0 bridgehead atoms. The number of amides is 1. The van der Waals surface area contributed by atoms with Crippen LogP contribution in [0.25, 0.3) is 0 Å². The van der Waals surface area contributed by atoms with Crippen LogP contribution in [0.1, 0.15) is 81.5 Å². The first-order valence-corrected chi connectivity index (χ1v) is 16.2. The maximum atomic E-state index is 15.1. The van der Waals surface area contributed by atoms with Gasteiger partial charge in [-0.1, -0.05) is 25.1 Å². The Hall–Kier alpha value is -3.71. The minimum absolute atomic E-state index is 0.0679. The molecule has 4 heterocycles. The fourth-order valence-electron chi connectivity index (χ4n) is 8.92.